The summed E-state index contributed by atoms with van der Waals surface area (Å²) in [6.45, 7) is 2.53. The van der Waals surface area contributed by atoms with Crippen LogP contribution >= 0.6 is 11.8 Å². The molecule has 0 aromatic heterocycles. The van der Waals surface area contributed by atoms with Crippen LogP contribution in [0.2, 0.25) is 0 Å². The Labute approximate surface area is 104 Å². The van der Waals surface area contributed by atoms with Gasteiger partial charge in [-0.2, -0.15) is 0 Å². The van der Waals surface area contributed by atoms with Gasteiger partial charge in [-0.05, 0) is 19.1 Å². The van der Waals surface area contributed by atoms with Gasteiger partial charge in [0.05, 0.1) is 19.0 Å². The maximum atomic E-state index is 13.1. The second-order valence-electron chi connectivity index (χ2n) is 3.14. The van der Waals surface area contributed by atoms with Crippen molar-refractivity contribution in [2.24, 2.45) is 0 Å². The Morgan fingerprint density at radius 2 is 2.18 bits per heavy atom. The Bertz CT molecular complexity index is 357. The largest absolute Gasteiger partial charge is 0.490 e. The summed E-state index contributed by atoms with van der Waals surface area (Å²) in [5.41, 5.74) is 0. The number of thioether (sulfide) groups is 1. The van der Waals surface area contributed by atoms with Gasteiger partial charge in [0.1, 0.15) is 0 Å². The molecule has 1 aromatic carbocycles. The third-order valence-corrected chi connectivity index (χ3v) is 2.74. The Balaban J connectivity index is 2.13. The van der Waals surface area contributed by atoms with Crippen molar-refractivity contribution >= 4 is 17.7 Å². The monoisotopic (exact) mass is 258 g/mol. The van der Waals surface area contributed by atoms with E-state index in [1.165, 1.54) is 17.8 Å². The fourth-order valence-electron chi connectivity index (χ4n) is 1.13. The lowest BCUT2D eigenvalue weighted by Gasteiger charge is -2.06. The van der Waals surface area contributed by atoms with Crippen molar-refractivity contribution in [1.82, 2.24) is 0 Å². The molecule has 0 atom stereocenters. The van der Waals surface area contributed by atoms with Gasteiger partial charge in [-0.3, -0.25) is 4.79 Å². The second-order valence-corrected chi connectivity index (χ2v) is 4.24. The Kier molecular flexibility index (Phi) is 6.47. The predicted octanol–water partition coefficient (Wildman–Crippen LogP) is 2.50. The average molecular weight is 258 g/mol. The van der Waals surface area contributed by atoms with Crippen molar-refractivity contribution < 1.29 is 18.7 Å². The molecule has 0 saturated carbocycles. The molecule has 0 radical (unpaired) electrons. The number of hydrogen-bond acceptors (Lipinski definition) is 4. The zero-order valence-electron chi connectivity index (χ0n) is 9.65. The van der Waals surface area contributed by atoms with Crippen LogP contribution in [0.3, 0.4) is 0 Å². The highest BCUT2D eigenvalue weighted by atomic mass is 32.2. The van der Waals surface area contributed by atoms with Gasteiger partial charge in [-0.15, -0.1) is 11.8 Å². The van der Waals surface area contributed by atoms with Gasteiger partial charge < -0.3 is 9.47 Å². The highest BCUT2D eigenvalue weighted by Gasteiger charge is 2.03. The molecule has 17 heavy (non-hydrogen) atoms. The van der Waals surface area contributed by atoms with Crippen molar-refractivity contribution in [2.75, 3.05) is 24.7 Å². The zero-order valence-corrected chi connectivity index (χ0v) is 10.5. The van der Waals surface area contributed by atoms with Crippen molar-refractivity contribution in [2.45, 2.75) is 6.92 Å². The number of carbonyl (C=O) groups is 1. The molecule has 0 aliphatic carbocycles. The number of carbonyl (C=O) groups excluding carboxylic acids is 1. The van der Waals surface area contributed by atoms with E-state index in [1.807, 2.05) is 0 Å². The van der Waals surface area contributed by atoms with E-state index in [-0.39, 0.29) is 17.5 Å². The first-order valence-electron chi connectivity index (χ1n) is 5.34. The molecular weight excluding hydrogens is 243 g/mol. The minimum absolute atomic E-state index is 0.233. The normalized spacial score (nSPS) is 10.0. The highest BCUT2D eigenvalue weighted by Crippen LogP contribution is 2.15. The number of halogens is 1. The van der Waals surface area contributed by atoms with Crippen molar-refractivity contribution in [3.63, 3.8) is 0 Å². The molecule has 5 heteroatoms. The molecule has 0 N–H and O–H groups in total. The van der Waals surface area contributed by atoms with Crippen LogP contribution in [0, 0.1) is 5.82 Å². The minimum Gasteiger partial charge on any atom is -0.490 e. The molecule has 0 saturated heterocycles. The highest BCUT2D eigenvalue weighted by molar-refractivity contribution is 7.99. The van der Waals surface area contributed by atoms with Crippen LogP contribution in [-0.4, -0.2) is 30.7 Å². The quantitative estimate of drug-likeness (QED) is 0.556. The molecule has 0 spiro atoms. The lowest BCUT2D eigenvalue weighted by molar-refractivity contribution is -0.139. The van der Waals surface area contributed by atoms with E-state index in [4.69, 9.17) is 9.47 Å². The molecule has 1 aromatic rings. The van der Waals surface area contributed by atoms with Gasteiger partial charge in [0.15, 0.2) is 11.6 Å². The van der Waals surface area contributed by atoms with Crippen molar-refractivity contribution in [3.8, 4) is 5.75 Å². The lowest BCUT2D eigenvalue weighted by Crippen LogP contribution is -2.09. The van der Waals surface area contributed by atoms with Crippen molar-refractivity contribution in [1.29, 1.82) is 0 Å². The van der Waals surface area contributed by atoms with Crippen LogP contribution < -0.4 is 4.74 Å². The SMILES string of the molecule is CCOC(=O)CSCCOc1ccccc1F. The zero-order chi connectivity index (χ0) is 12.5. The van der Waals surface area contributed by atoms with Gasteiger partial charge in [-0.25, -0.2) is 4.39 Å². The number of esters is 1. The number of hydrogen-bond donors (Lipinski definition) is 0. The molecule has 0 fully saturated rings. The fraction of sp³-hybridized carbons (Fsp3) is 0.417. The van der Waals surface area contributed by atoms with E-state index < -0.39 is 0 Å². The molecular formula is C12H15FO3S. The van der Waals surface area contributed by atoms with Crippen molar-refractivity contribution in [3.05, 3.63) is 30.1 Å². The number of rotatable bonds is 7. The molecule has 0 bridgehead atoms. The van der Waals surface area contributed by atoms with E-state index in [1.54, 1.807) is 25.1 Å². The van der Waals surface area contributed by atoms with Crippen LogP contribution in [0.1, 0.15) is 6.92 Å². The Hall–Kier alpha value is -1.23. The Morgan fingerprint density at radius 1 is 1.41 bits per heavy atom. The molecule has 0 heterocycles. The van der Waals surface area contributed by atoms with Crippen LogP contribution in [0.4, 0.5) is 4.39 Å². The van der Waals surface area contributed by atoms with Gasteiger partial charge in [-0.1, -0.05) is 12.1 Å². The first-order chi connectivity index (χ1) is 8.24. The summed E-state index contributed by atoms with van der Waals surface area (Å²) in [6, 6.07) is 6.24. The van der Waals surface area contributed by atoms with Gasteiger partial charge in [0.2, 0.25) is 0 Å². The average Bonchev–Trinajstić information content (AvgIpc) is 2.31. The third kappa shape index (κ3) is 5.58. The van der Waals surface area contributed by atoms with E-state index in [9.17, 15) is 9.18 Å². The third-order valence-electron chi connectivity index (χ3n) is 1.85. The maximum absolute atomic E-state index is 13.1. The maximum Gasteiger partial charge on any atom is 0.315 e. The molecule has 1 rings (SSSR count). The Morgan fingerprint density at radius 3 is 2.88 bits per heavy atom. The fourth-order valence-corrected chi connectivity index (χ4v) is 1.73. The summed E-state index contributed by atoms with van der Waals surface area (Å²) in [6.07, 6.45) is 0. The van der Waals surface area contributed by atoms with Gasteiger partial charge in [0.25, 0.3) is 0 Å². The summed E-state index contributed by atoms with van der Waals surface area (Å²) >= 11 is 1.40. The van der Waals surface area contributed by atoms with E-state index in [2.05, 4.69) is 0 Å². The number of benzene rings is 1. The van der Waals surface area contributed by atoms with Crippen LogP contribution in [-0.2, 0) is 9.53 Å². The van der Waals surface area contributed by atoms with E-state index in [0.29, 0.717) is 24.7 Å². The van der Waals surface area contributed by atoms with Crippen LogP contribution in [0.5, 0.6) is 5.75 Å². The van der Waals surface area contributed by atoms with Gasteiger partial charge in [0, 0.05) is 5.75 Å². The molecule has 94 valence electrons. The summed E-state index contributed by atoms with van der Waals surface area (Å²) in [5.74, 6) is 0.553. The number of para-hydroxylation sites is 1. The smallest absolute Gasteiger partial charge is 0.315 e. The molecule has 0 aliphatic heterocycles. The molecule has 3 nitrogen and oxygen atoms in total. The summed E-state index contributed by atoms with van der Waals surface area (Å²) < 4.78 is 23.1. The summed E-state index contributed by atoms with van der Waals surface area (Å²) in [5, 5.41) is 0. The summed E-state index contributed by atoms with van der Waals surface area (Å²) in [7, 11) is 0. The number of ether oxygens (including phenoxy) is 2. The lowest BCUT2D eigenvalue weighted by atomic mass is 10.3. The minimum atomic E-state index is -0.372. The first-order valence-corrected chi connectivity index (χ1v) is 6.50. The van der Waals surface area contributed by atoms with Crippen LogP contribution in [0.15, 0.2) is 24.3 Å². The molecule has 0 aliphatic rings. The topological polar surface area (TPSA) is 35.5 Å². The van der Waals surface area contributed by atoms with Crippen LogP contribution in [0.25, 0.3) is 0 Å². The second kappa shape index (κ2) is 7.95. The van der Waals surface area contributed by atoms with Gasteiger partial charge >= 0.3 is 5.97 Å². The first kappa shape index (κ1) is 13.8. The van der Waals surface area contributed by atoms with E-state index >= 15 is 0 Å². The summed E-state index contributed by atoms with van der Waals surface area (Å²) in [4.78, 5) is 11.0. The predicted molar refractivity (Wildman–Crippen MR) is 65.9 cm³/mol. The molecule has 0 unspecified atom stereocenters. The molecule has 0 amide bonds. The standard InChI is InChI=1S/C12H15FO3S/c1-2-15-12(14)9-17-8-7-16-11-6-4-3-5-10(11)13/h3-6H,2,7-9H2,1H3. The van der Waals surface area contributed by atoms with E-state index in [0.717, 1.165) is 0 Å².